The van der Waals surface area contributed by atoms with E-state index in [1.807, 2.05) is 52.0 Å². The Kier molecular flexibility index (Phi) is 7.42. The Morgan fingerprint density at radius 1 is 1.14 bits per heavy atom. The average Bonchev–Trinajstić information content (AvgIpc) is 2.62. The first-order chi connectivity index (χ1) is 13.5. The molecule has 2 aromatic carbocycles. The number of rotatable bonds is 6. The number of halogens is 2. The van der Waals surface area contributed by atoms with Crippen molar-refractivity contribution < 1.29 is 14.0 Å². The number of aryl methyl sites for hydroxylation is 1. The van der Waals surface area contributed by atoms with Gasteiger partial charge in [0.15, 0.2) is 0 Å². The summed E-state index contributed by atoms with van der Waals surface area (Å²) in [6, 6.07) is 11.3. The minimum absolute atomic E-state index is 0.136. The second kappa shape index (κ2) is 9.40. The fraction of sp³-hybridized carbons (Fsp3) is 0.391. The highest BCUT2D eigenvalue weighted by Gasteiger charge is 2.29. The zero-order chi connectivity index (χ0) is 21.8. The van der Waals surface area contributed by atoms with Crippen molar-refractivity contribution >= 4 is 23.4 Å². The summed E-state index contributed by atoms with van der Waals surface area (Å²) >= 11 is 6.10. The molecular weight excluding hydrogens is 391 g/mol. The molecule has 29 heavy (non-hydrogen) atoms. The molecule has 0 spiro atoms. The van der Waals surface area contributed by atoms with Crippen molar-refractivity contribution in [1.29, 1.82) is 0 Å². The van der Waals surface area contributed by atoms with Crippen molar-refractivity contribution in [3.8, 4) is 0 Å². The molecule has 0 bridgehead atoms. The second-order valence-electron chi connectivity index (χ2n) is 8.24. The molecule has 0 radical (unpaired) electrons. The summed E-state index contributed by atoms with van der Waals surface area (Å²) in [6.07, 6.45) is -0.218. The molecule has 156 valence electrons. The fourth-order valence-electron chi connectivity index (χ4n) is 2.98. The molecule has 0 aliphatic carbocycles. The molecule has 1 atom stereocenters. The largest absolute Gasteiger partial charge is 0.350 e. The highest BCUT2D eigenvalue weighted by molar-refractivity contribution is 6.31. The summed E-state index contributed by atoms with van der Waals surface area (Å²) in [5, 5.41) is 3.10. The van der Waals surface area contributed by atoms with Gasteiger partial charge in [0.1, 0.15) is 11.9 Å². The molecule has 0 saturated carbocycles. The number of amides is 2. The molecule has 0 heterocycles. The fourth-order valence-corrected chi connectivity index (χ4v) is 3.21. The van der Waals surface area contributed by atoms with E-state index in [1.165, 1.54) is 17.0 Å². The predicted molar refractivity (Wildman–Crippen MR) is 114 cm³/mol. The molecule has 2 rings (SSSR count). The zero-order valence-electron chi connectivity index (χ0n) is 17.6. The number of carbonyl (C=O) groups is 2. The maximum Gasteiger partial charge on any atom is 0.242 e. The third-order valence-corrected chi connectivity index (χ3v) is 5.01. The lowest BCUT2D eigenvalue weighted by molar-refractivity contribution is -0.140. The van der Waals surface area contributed by atoms with Crippen LogP contribution >= 0.6 is 11.6 Å². The van der Waals surface area contributed by atoms with Gasteiger partial charge in [-0.15, -0.1) is 0 Å². The Labute approximate surface area is 177 Å². The summed E-state index contributed by atoms with van der Waals surface area (Å²) < 4.78 is 14.2. The minimum Gasteiger partial charge on any atom is -0.350 e. The van der Waals surface area contributed by atoms with E-state index in [0.29, 0.717) is 0 Å². The third-order valence-electron chi connectivity index (χ3n) is 4.66. The molecule has 2 aromatic rings. The Bertz CT molecular complexity index is 872. The van der Waals surface area contributed by atoms with Crippen LogP contribution in [0.2, 0.25) is 5.02 Å². The van der Waals surface area contributed by atoms with E-state index in [9.17, 15) is 14.0 Å². The lowest BCUT2D eigenvalue weighted by Crippen LogP contribution is -2.52. The monoisotopic (exact) mass is 418 g/mol. The van der Waals surface area contributed by atoms with Gasteiger partial charge in [-0.1, -0.05) is 41.9 Å². The molecule has 6 heteroatoms. The standard InChI is InChI=1S/C23H28ClFN2O2/c1-15-9-6-7-10-17(15)14-27(16(2)22(29)26-23(3,4)5)21(28)13-18-19(24)11-8-12-20(18)25/h6-12,16H,13-14H2,1-5H3,(H,26,29)/t16-/m0/s1. The zero-order valence-corrected chi connectivity index (χ0v) is 18.3. The van der Waals surface area contributed by atoms with Crippen molar-refractivity contribution in [3.63, 3.8) is 0 Å². The van der Waals surface area contributed by atoms with Crippen LogP contribution in [-0.4, -0.2) is 28.3 Å². The van der Waals surface area contributed by atoms with Crippen molar-refractivity contribution in [1.82, 2.24) is 10.2 Å². The van der Waals surface area contributed by atoms with Crippen LogP contribution in [0.5, 0.6) is 0 Å². The van der Waals surface area contributed by atoms with Crippen LogP contribution < -0.4 is 5.32 Å². The van der Waals surface area contributed by atoms with Crippen LogP contribution in [0.15, 0.2) is 42.5 Å². The Morgan fingerprint density at radius 2 is 1.79 bits per heavy atom. The van der Waals surface area contributed by atoms with Gasteiger partial charge in [-0.3, -0.25) is 9.59 Å². The van der Waals surface area contributed by atoms with Crippen LogP contribution in [0, 0.1) is 12.7 Å². The molecule has 0 aromatic heterocycles. The Balaban J connectivity index is 2.34. The van der Waals surface area contributed by atoms with Crippen LogP contribution in [0.4, 0.5) is 4.39 Å². The second-order valence-corrected chi connectivity index (χ2v) is 8.65. The molecule has 1 N–H and O–H groups in total. The van der Waals surface area contributed by atoms with Crippen molar-refractivity contribution in [2.75, 3.05) is 0 Å². The van der Waals surface area contributed by atoms with E-state index in [1.54, 1.807) is 13.0 Å². The molecule has 4 nitrogen and oxygen atoms in total. The number of benzene rings is 2. The topological polar surface area (TPSA) is 49.4 Å². The third kappa shape index (κ3) is 6.29. The Morgan fingerprint density at radius 3 is 2.38 bits per heavy atom. The lowest BCUT2D eigenvalue weighted by Gasteiger charge is -2.32. The maximum atomic E-state index is 14.2. The van der Waals surface area contributed by atoms with Crippen LogP contribution in [-0.2, 0) is 22.6 Å². The van der Waals surface area contributed by atoms with Crippen LogP contribution in [0.25, 0.3) is 0 Å². The number of carbonyl (C=O) groups excluding carboxylic acids is 2. The van der Waals surface area contributed by atoms with E-state index in [-0.39, 0.29) is 35.4 Å². The Hall–Kier alpha value is -2.40. The normalized spacial score (nSPS) is 12.4. The van der Waals surface area contributed by atoms with Gasteiger partial charge in [0.05, 0.1) is 6.42 Å². The van der Waals surface area contributed by atoms with E-state index >= 15 is 0 Å². The van der Waals surface area contributed by atoms with E-state index < -0.39 is 17.4 Å². The predicted octanol–water partition coefficient (Wildman–Crippen LogP) is 4.66. The number of hydrogen-bond acceptors (Lipinski definition) is 2. The van der Waals surface area contributed by atoms with E-state index in [4.69, 9.17) is 11.6 Å². The lowest BCUT2D eigenvalue weighted by atomic mass is 10.0. The molecule has 0 saturated heterocycles. The highest BCUT2D eigenvalue weighted by atomic mass is 35.5. The van der Waals surface area contributed by atoms with Crippen molar-refractivity contribution in [2.45, 2.75) is 59.2 Å². The SMILES string of the molecule is Cc1ccccc1CN(C(=O)Cc1c(F)cccc1Cl)[C@@H](C)C(=O)NC(C)(C)C. The van der Waals surface area contributed by atoms with Gasteiger partial charge in [-0.05, 0) is 57.9 Å². The minimum atomic E-state index is -0.730. The van der Waals surface area contributed by atoms with Gasteiger partial charge in [-0.2, -0.15) is 0 Å². The highest BCUT2D eigenvalue weighted by Crippen LogP contribution is 2.22. The summed E-state index contributed by atoms with van der Waals surface area (Å²) in [6.45, 7) is 9.51. The first-order valence-electron chi connectivity index (χ1n) is 9.58. The van der Waals surface area contributed by atoms with Gasteiger partial charge in [0, 0.05) is 22.7 Å². The first kappa shape index (κ1) is 22.9. The van der Waals surface area contributed by atoms with Gasteiger partial charge >= 0.3 is 0 Å². The van der Waals surface area contributed by atoms with Crippen LogP contribution in [0.1, 0.15) is 44.4 Å². The van der Waals surface area contributed by atoms with Crippen molar-refractivity contribution in [3.05, 3.63) is 70.0 Å². The summed E-state index contributed by atoms with van der Waals surface area (Å²) in [5.41, 5.74) is 1.64. The molecule has 0 fully saturated rings. The molecule has 0 unspecified atom stereocenters. The summed E-state index contributed by atoms with van der Waals surface area (Å²) in [5.74, 6) is -1.16. The van der Waals surface area contributed by atoms with E-state index in [0.717, 1.165) is 11.1 Å². The van der Waals surface area contributed by atoms with Gasteiger partial charge < -0.3 is 10.2 Å². The molecule has 0 aliphatic rings. The first-order valence-corrected chi connectivity index (χ1v) is 9.96. The summed E-state index contributed by atoms with van der Waals surface area (Å²) in [7, 11) is 0. The summed E-state index contributed by atoms with van der Waals surface area (Å²) in [4.78, 5) is 27.4. The average molecular weight is 419 g/mol. The number of hydrogen-bond donors (Lipinski definition) is 1. The molecule has 0 aliphatic heterocycles. The van der Waals surface area contributed by atoms with Gasteiger partial charge in [0.2, 0.25) is 11.8 Å². The van der Waals surface area contributed by atoms with Gasteiger partial charge in [-0.25, -0.2) is 4.39 Å². The van der Waals surface area contributed by atoms with Crippen molar-refractivity contribution in [2.24, 2.45) is 0 Å². The quantitative estimate of drug-likeness (QED) is 0.741. The van der Waals surface area contributed by atoms with E-state index in [2.05, 4.69) is 5.32 Å². The number of nitrogens with one attached hydrogen (secondary N) is 1. The number of nitrogens with zero attached hydrogens (tertiary/aromatic N) is 1. The smallest absolute Gasteiger partial charge is 0.242 e. The maximum absolute atomic E-state index is 14.2. The molecule has 2 amide bonds. The van der Waals surface area contributed by atoms with Crippen LogP contribution in [0.3, 0.4) is 0 Å². The molecular formula is C23H28ClFN2O2. The van der Waals surface area contributed by atoms with Gasteiger partial charge in [0.25, 0.3) is 0 Å².